The molecule has 1 aliphatic rings. The lowest BCUT2D eigenvalue weighted by Gasteiger charge is -2.40. The van der Waals surface area contributed by atoms with Crippen molar-refractivity contribution >= 4 is 5.91 Å². The molecule has 0 aromatic carbocycles. The molecule has 0 bridgehead atoms. The third-order valence-electron chi connectivity index (χ3n) is 8.71. The minimum atomic E-state index is -1.62. The first-order valence-electron chi connectivity index (χ1n) is 19.0. The highest BCUT2D eigenvalue weighted by atomic mass is 16.7. The van der Waals surface area contributed by atoms with E-state index < -0.39 is 61.5 Å². The highest BCUT2D eigenvalue weighted by molar-refractivity contribution is 5.80. The van der Waals surface area contributed by atoms with Crippen molar-refractivity contribution < 1.29 is 44.9 Å². The number of aliphatic hydroxyl groups is 6. The van der Waals surface area contributed by atoms with E-state index in [4.69, 9.17) is 9.47 Å². The number of allylic oxidation sites excluding steroid dienone is 7. The molecule has 0 aliphatic carbocycles. The van der Waals surface area contributed by atoms with Crippen molar-refractivity contribution in [2.24, 2.45) is 0 Å². The molecular formula is C39H69NO9. The molecule has 49 heavy (non-hydrogen) atoms. The molecule has 1 saturated heterocycles. The Bertz CT molecular complexity index is 922. The molecule has 0 saturated carbocycles. The summed E-state index contributed by atoms with van der Waals surface area (Å²) in [4.78, 5) is 12.9. The molecule has 1 rings (SSSR count). The Hall–Kier alpha value is -1.89. The van der Waals surface area contributed by atoms with Gasteiger partial charge in [-0.3, -0.25) is 4.79 Å². The first-order valence-corrected chi connectivity index (χ1v) is 19.0. The maximum absolute atomic E-state index is 12.9. The van der Waals surface area contributed by atoms with E-state index in [1.807, 2.05) is 6.08 Å². The Balaban J connectivity index is 2.60. The second kappa shape index (κ2) is 29.8. The second-order valence-electron chi connectivity index (χ2n) is 13.1. The zero-order valence-electron chi connectivity index (χ0n) is 30.3. The third-order valence-corrected chi connectivity index (χ3v) is 8.71. The number of carbonyl (C=O) groups is 1. The van der Waals surface area contributed by atoms with E-state index in [0.717, 1.165) is 57.8 Å². The van der Waals surface area contributed by atoms with Crippen LogP contribution in [0.15, 0.2) is 48.6 Å². The Morgan fingerprint density at radius 1 is 0.694 bits per heavy atom. The van der Waals surface area contributed by atoms with Crippen LogP contribution in [-0.4, -0.2) is 98.7 Å². The van der Waals surface area contributed by atoms with Gasteiger partial charge in [0.2, 0.25) is 5.91 Å². The summed E-state index contributed by atoms with van der Waals surface area (Å²) in [6, 6.07) is -1.01. The van der Waals surface area contributed by atoms with Gasteiger partial charge in [0.25, 0.3) is 0 Å². The predicted molar refractivity (Wildman–Crippen MR) is 195 cm³/mol. The lowest BCUT2D eigenvalue weighted by molar-refractivity contribution is -0.302. The monoisotopic (exact) mass is 695 g/mol. The van der Waals surface area contributed by atoms with Crippen LogP contribution >= 0.6 is 0 Å². The summed E-state index contributed by atoms with van der Waals surface area (Å²) in [7, 11) is 0. The normalized spacial score (nSPS) is 23.6. The minimum absolute atomic E-state index is 0.283. The van der Waals surface area contributed by atoms with Crippen LogP contribution in [0.2, 0.25) is 0 Å². The van der Waals surface area contributed by atoms with Crippen molar-refractivity contribution in [3.63, 3.8) is 0 Å². The molecule has 0 aromatic rings. The van der Waals surface area contributed by atoms with Crippen molar-refractivity contribution in [1.29, 1.82) is 0 Å². The summed E-state index contributed by atoms with van der Waals surface area (Å²) in [5, 5.41) is 64.1. The molecule has 8 atom stereocenters. The van der Waals surface area contributed by atoms with Gasteiger partial charge in [0.15, 0.2) is 6.29 Å². The number of hydrogen-bond donors (Lipinski definition) is 7. The van der Waals surface area contributed by atoms with Crippen LogP contribution in [0.4, 0.5) is 0 Å². The summed E-state index contributed by atoms with van der Waals surface area (Å²) < 4.78 is 11.0. The summed E-state index contributed by atoms with van der Waals surface area (Å²) >= 11 is 0. The molecule has 7 N–H and O–H groups in total. The Labute approximate surface area is 296 Å². The van der Waals surface area contributed by atoms with Crippen molar-refractivity contribution in [1.82, 2.24) is 5.32 Å². The number of rotatable bonds is 29. The maximum atomic E-state index is 12.9. The van der Waals surface area contributed by atoms with Gasteiger partial charge in [-0.05, 0) is 64.2 Å². The van der Waals surface area contributed by atoms with Gasteiger partial charge in [0, 0.05) is 0 Å². The number of carbonyl (C=O) groups excluding carboxylic acids is 1. The number of ether oxygens (including phenoxy) is 2. The SMILES string of the molecule is CCCC/C=C\CCCCCCC(O)C(=O)NC(COC1OC(CO)C(O)C(O)C1O)C(O)/C=C/CC/C=C/CC/C=C/CCCCCC. The van der Waals surface area contributed by atoms with Crippen molar-refractivity contribution in [2.45, 2.75) is 178 Å². The van der Waals surface area contributed by atoms with Crippen LogP contribution in [0.1, 0.15) is 129 Å². The lowest BCUT2D eigenvalue weighted by Crippen LogP contribution is -2.60. The van der Waals surface area contributed by atoms with E-state index in [9.17, 15) is 35.4 Å². The molecule has 10 nitrogen and oxygen atoms in total. The van der Waals surface area contributed by atoms with Crippen LogP contribution in [0.25, 0.3) is 0 Å². The van der Waals surface area contributed by atoms with Crippen molar-refractivity contribution in [3.8, 4) is 0 Å². The largest absolute Gasteiger partial charge is 0.394 e. The molecule has 8 unspecified atom stereocenters. The van der Waals surface area contributed by atoms with Gasteiger partial charge >= 0.3 is 0 Å². The second-order valence-corrected chi connectivity index (χ2v) is 13.1. The molecule has 0 spiro atoms. The number of nitrogens with one attached hydrogen (secondary N) is 1. The fourth-order valence-electron chi connectivity index (χ4n) is 5.47. The van der Waals surface area contributed by atoms with Crippen LogP contribution in [0.5, 0.6) is 0 Å². The maximum Gasteiger partial charge on any atom is 0.249 e. The zero-order valence-corrected chi connectivity index (χ0v) is 30.3. The average Bonchev–Trinajstić information content (AvgIpc) is 3.10. The third kappa shape index (κ3) is 21.2. The number of hydrogen-bond acceptors (Lipinski definition) is 9. The molecule has 1 fully saturated rings. The van der Waals surface area contributed by atoms with E-state index >= 15 is 0 Å². The summed E-state index contributed by atoms with van der Waals surface area (Å²) in [5.41, 5.74) is 0. The lowest BCUT2D eigenvalue weighted by atomic mass is 9.99. The Kier molecular flexibility index (Phi) is 27.4. The van der Waals surface area contributed by atoms with Gasteiger partial charge in [-0.1, -0.05) is 114 Å². The van der Waals surface area contributed by atoms with E-state index in [2.05, 4.69) is 55.6 Å². The van der Waals surface area contributed by atoms with Crippen LogP contribution < -0.4 is 5.32 Å². The van der Waals surface area contributed by atoms with Gasteiger partial charge in [-0.15, -0.1) is 0 Å². The van der Waals surface area contributed by atoms with Crippen LogP contribution in [0, 0.1) is 0 Å². The van der Waals surface area contributed by atoms with E-state index in [1.165, 1.54) is 38.5 Å². The first kappa shape index (κ1) is 45.1. The molecule has 0 aromatic heterocycles. The summed E-state index contributed by atoms with van der Waals surface area (Å²) in [6.45, 7) is 3.46. The summed E-state index contributed by atoms with van der Waals surface area (Å²) in [6.07, 6.45) is 24.9. The number of unbranched alkanes of at least 4 members (excludes halogenated alkanes) is 12. The Morgan fingerprint density at radius 3 is 1.82 bits per heavy atom. The molecule has 1 amide bonds. The number of amides is 1. The van der Waals surface area contributed by atoms with Crippen LogP contribution in [-0.2, 0) is 14.3 Å². The van der Waals surface area contributed by atoms with E-state index in [1.54, 1.807) is 6.08 Å². The fraction of sp³-hybridized carbons (Fsp3) is 0.769. The van der Waals surface area contributed by atoms with Crippen molar-refractivity contribution in [3.05, 3.63) is 48.6 Å². The van der Waals surface area contributed by atoms with E-state index in [-0.39, 0.29) is 13.0 Å². The van der Waals surface area contributed by atoms with Gasteiger partial charge in [-0.25, -0.2) is 0 Å². The summed E-state index contributed by atoms with van der Waals surface area (Å²) in [5.74, 6) is -0.647. The fourth-order valence-corrected chi connectivity index (χ4v) is 5.47. The van der Waals surface area contributed by atoms with Crippen LogP contribution in [0.3, 0.4) is 0 Å². The van der Waals surface area contributed by atoms with Gasteiger partial charge < -0.3 is 45.4 Å². The number of aliphatic hydroxyl groups excluding tert-OH is 6. The minimum Gasteiger partial charge on any atom is -0.394 e. The smallest absolute Gasteiger partial charge is 0.249 e. The van der Waals surface area contributed by atoms with Gasteiger partial charge in [-0.2, -0.15) is 0 Å². The topological polar surface area (TPSA) is 169 Å². The van der Waals surface area contributed by atoms with E-state index in [0.29, 0.717) is 12.8 Å². The zero-order chi connectivity index (χ0) is 36.1. The molecule has 1 aliphatic heterocycles. The standard InChI is InChI=1S/C39H69NO9/c1-3-5-7-9-11-13-15-16-17-18-20-21-23-25-27-32(42)31(30-48-39-37(46)36(45)35(44)34(29-41)49-39)40-38(47)33(43)28-26-24-22-19-14-12-10-8-6-4-2/h10,12-13,15,18,20,25,27,31-37,39,41-46H,3-9,11,14,16-17,19,21-24,26,28-30H2,1-2H3,(H,40,47)/b12-10-,15-13+,20-18+,27-25+. The van der Waals surface area contributed by atoms with Gasteiger partial charge in [0.05, 0.1) is 25.4 Å². The highest BCUT2D eigenvalue weighted by Crippen LogP contribution is 2.22. The first-order chi connectivity index (χ1) is 23.8. The highest BCUT2D eigenvalue weighted by Gasteiger charge is 2.44. The molecule has 1 heterocycles. The molecule has 0 radical (unpaired) electrons. The van der Waals surface area contributed by atoms with Gasteiger partial charge in [0.1, 0.15) is 30.5 Å². The average molecular weight is 696 g/mol. The predicted octanol–water partition coefficient (Wildman–Crippen LogP) is 5.30. The van der Waals surface area contributed by atoms with Crippen molar-refractivity contribution in [2.75, 3.05) is 13.2 Å². The molecular weight excluding hydrogens is 626 g/mol. The molecule has 284 valence electrons. The quantitative estimate of drug-likeness (QED) is 0.0406. The Morgan fingerprint density at radius 2 is 1.22 bits per heavy atom. The molecule has 10 heteroatoms.